The van der Waals surface area contributed by atoms with E-state index in [1.807, 2.05) is 0 Å². The van der Waals surface area contributed by atoms with Gasteiger partial charge in [0.2, 0.25) is 11.8 Å². The summed E-state index contributed by atoms with van der Waals surface area (Å²) in [5, 5.41) is 11.4. The Morgan fingerprint density at radius 3 is 2.37 bits per heavy atom. The van der Waals surface area contributed by atoms with Crippen LogP contribution in [0.25, 0.3) is 0 Å². The molecule has 0 radical (unpaired) electrons. The van der Waals surface area contributed by atoms with E-state index in [2.05, 4.69) is 21.3 Å². The van der Waals surface area contributed by atoms with Crippen molar-refractivity contribution in [2.75, 3.05) is 26.6 Å². The average molecular weight is 387 g/mol. The van der Waals surface area contributed by atoms with Gasteiger partial charge in [-0.05, 0) is 0 Å². The number of amides is 2. The molecule has 0 spiro atoms. The largest absolute Gasteiger partial charge is 0.463 e. The van der Waals surface area contributed by atoms with Gasteiger partial charge < -0.3 is 24.8 Å². The molecule has 12 nitrogen and oxygen atoms in total. The Hall–Kier alpha value is -2.28. The smallest absolute Gasteiger partial charge is 0.302 e. The molecule has 0 aliphatic carbocycles. The maximum Gasteiger partial charge on any atom is 0.302 e. The van der Waals surface area contributed by atoms with Gasteiger partial charge in [-0.3, -0.25) is 34.7 Å². The third-order valence-corrected chi connectivity index (χ3v) is 3.90. The predicted octanol–water partition coefficient (Wildman–Crippen LogP) is -2.85. The number of hydrogen-bond acceptors (Lipinski definition) is 10. The van der Waals surface area contributed by atoms with E-state index in [9.17, 15) is 19.2 Å². The van der Waals surface area contributed by atoms with E-state index in [1.165, 1.54) is 20.8 Å². The van der Waals surface area contributed by atoms with Crippen LogP contribution in [0, 0.1) is 0 Å². The van der Waals surface area contributed by atoms with Crippen molar-refractivity contribution < 1.29 is 33.4 Å². The number of fused-ring (bicyclic) bond motifs is 1. The fourth-order valence-electron chi connectivity index (χ4n) is 2.69. The second kappa shape index (κ2) is 9.60. The second-order valence-corrected chi connectivity index (χ2v) is 6.21. The highest BCUT2D eigenvalue weighted by molar-refractivity contribution is 5.84. The van der Waals surface area contributed by atoms with Crippen LogP contribution in [0.1, 0.15) is 20.8 Å². The second-order valence-electron chi connectivity index (χ2n) is 6.21. The first-order valence-corrected chi connectivity index (χ1v) is 8.45. The van der Waals surface area contributed by atoms with Crippen molar-refractivity contribution in [1.82, 2.24) is 26.2 Å². The molecule has 0 saturated carbocycles. The number of rotatable bonds is 8. The minimum atomic E-state index is -0.698. The molecular formula is C15H25N5O7. The quantitative estimate of drug-likeness (QED) is 0.321. The van der Waals surface area contributed by atoms with Crippen LogP contribution in [0.15, 0.2) is 0 Å². The Labute approximate surface area is 156 Å². The minimum absolute atomic E-state index is 0.0690. The molecule has 2 amide bonds. The predicted molar refractivity (Wildman–Crippen MR) is 89.3 cm³/mol. The van der Waals surface area contributed by atoms with Gasteiger partial charge in [0.15, 0.2) is 6.29 Å². The van der Waals surface area contributed by atoms with Gasteiger partial charge in [-0.2, -0.15) is 0 Å². The first-order chi connectivity index (χ1) is 12.8. The molecule has 2 aliphatic heterocycles. The van der Waals surface area contributed by atoms with Gasteiger partial charge in [-0.25, -0.2) is 0 Å². The Morgan fingerprint density at radius 1 is 1.19 bits per heavy atom. The summed E-state index contributed by atoms with van der Waals surface area (Å²) in [7, 11) is 0. The van der Waals surface area contributed by atoms with Crippen LogP contribution in [0.5, 0.6) is 0 Å². The Balaban J connectivity index is 1.91. The fraction of sp³-hybridized carbons (Fsp3) is 0.733. The molecule has 0 aromatic heterocycles. The Bertz CT molecular complexity index is 569. The van der Waals surface area contributed by atoms with Crippen molar-refractivity contribution in [3.8, 4) is 0 Å². The van der Waals surface area contributed by atoms with Crippen molar-refractivity contribution in [3.05, 3.63) is 0 Å². The molecule has 2 aliphatic rings. The summed E-state index contributed by atoms with van der Waals surface area (Å²) in [6.07, 6.45) is -1.77. The standard InChI is InChI=1S/C15H25N5O7/c1-8(21)17-15-18-13-12(14(24)19-15)16-6-20(13)7-27-11(4-25-9(2)22)5-26-10(3)23/h11-13,15-16,18H,4-7H2,1-3H3,(H,17,21)(H,19,24). The zero-order chi connectivity index (χ0) is 20.0. The zero-order valence-corrected chi connectivity index (χ0v) is 15.4. The van der Waals surface area contributed by atoms with Crippen molar-refractivity contribution in [3.63, 3.8) is 0 Å². The van der Waals surface area contributed by atoms with E-state index in [4.69, 9.17) is 14.2 Å². The minimum Gasteiger partial charge on any atom is -0.463 e. The number of nitrogens with zero attached hydrogens (tertiary/aromatic N) is 1. The van der Waals surface area contributed by atoms with Gasteiger partial charge in [0.05, 0.1) is 12.8 Å². The fourth-order valence-corrected chi connectivity index (χ4v) is 2.69. The van der Waals surface area contributed by atoms with Gasteiger partial charge in [0.1, 0.15) is 32.1 Å². The SMILES string of the molecule is CC(=O)NC1NC(=O)C2NCN(COC(COC(C)=O)COC(C)=O)C2N1. The van der Waals surface area contributed by atoms with Gasteiger partial charge in [-0.1, -0.05) is 0 Å². The highest BCUT2D eigenvalue weighted by Gasteiger charge is 2.44. The first kappa shape index (κ1) is 21.0. The summed E-state index contributed by atoms with van der Waals surface area (Å²) in [6.45, 7) is 4.18. The van der Waals surface area contributed by atoms with E-state index in [-0.39, 0.29) is 31.8 Å². The number of ether oxygens (including phenoxy) is 3. The third-order valence-electron chi connectivity index (χ3n) is 3.90. The summed E-state index contributed by atoms with van der Waals surface area (Å²) in [5.74, 6) is -1.49. The molecule has 0 bridgehead atoms. The number of nitrogens with one attached hydrogen (secondary N) is 4. The molecular weight excluding hydrogens is 362 g/mol. The molecule has 2 rings (SSSR count). The molecule has 12 heteroatoms. The highest BCUT2D eigenvalue weighted by Crippen LogP contribution is 2.14. The lowest BCUT2D eigenvalue weighted by atomic mass is 10.2. The van der Waals surface area contributed by atoms with E-state index in [0.717, 1.165) is 0 Å². The lowest BCUT2D eigenvalue weighted by Gasteiger charge is -2.36. The van der Waals surface area contributed by atoms with E-state index < -0.39 is 36.5 Å². The zero-order valence-electron chi connectivity index (χ0n) is 15.4. The molecule has 152 valence electrons. The van der Waals surface area contributed by atoms with E-state index in [0.29, 0.717) is 6.67 Å². The van der Waals surface area contributed by atoms with Gasteiger partial charge in [0.25, 0.3) is 0 Å². The van der Waals surface area contributed by atoms with Crippen molar-refractivity contribution in [1.29, 1.82) is 0 Å². The topological polar surface area (TPSA) is 147 Å². The van der Waals surface area contributed by atoms with Crippen LogP contribution in [-0.4, -0.2) is 79.9 Å². The molecule has 27 heavy (non-hydrogen) atoms. The third kappa shape index (κ3) is 6.43. The van der Waals surface area contributed by atoms with Gasteiger partial charge in [-0.15, -0.1) is 0 Å². The molecule has 2 saturated heterocycles. The van der Waals surface area contributed by atoms with Crippen LogP contribution in [-0.2, 0) is 33.4 Å². The van der Waals surface area contributed by atoms with Crippen molar-refractivity contribution >= 4 is 23.8 Å². The van der Waals surface area contributed by atoms with Gasteiger partial charge >= 0.3 is 11.9 Å². The maximum atomic E-state index is 12.2. The molecule has 0 aromatic rings. The summed E-state index contributed by atoms with van der Waals surface area (Å²) in [5.41, 5.74) is 0. The Kier molecular flexibility index (Phi) is 7.47. The first-order valence-electron chi connectivity index (χ1n) is 8.45. The average Bonchev–Trinajstić information content (AvgIpc) is 2.96. The van der Waals surface area contributed by atoms with E-state index >= 15 is 0 Å². The maximum absolute atomic E-state index is 12.2. The number of carbonyl (C=O) groups is 4. The number of carbonyl (C=O) groups excluding carboxylic acids is 4. The summed E-state index contributed by atoms with van der Waals surface area (Å²) >= 11 is 0. The molecule has 0 aromatic carbocycles. The molecule has 3 atom stereocenters. The lowest BCUT2D eigenvalue weighted by molar-refractivity contribution is -0.157. The Morgan fingerprint density at radius 2 is 1.81 bits per heavy atom. The molecule has 3 unspecified atom stereocenters. The monoisotopic (exact) mass is 387 g/mol. The van der Waals surface area contributed by atoms with Crippen molar-refractivity contribution in [2.24, 2.45) is 0 Å². The van der Waals surface area contributed by atoms with Gasteiger partial charge in [0, 0.05) is 20.8 Å². The highest BCUT2D eigenvalue weighted by atomic mass is 16.6. The number of hydrogen-bond donors (Lipinski definition) is 4. The summed E-state index contributed by atoms with van der Waals surface area (Å²) in [6, 6.07) is -0.515. The number of esters is 2. The normalized spacial score (nSPS) is 24.9. The molecule has 2 heterocycles. The summed E-state index contributed by atoms with van der Waals surface area (Å²) < 4.78 is 15.5. The molecule has 4 N–H and O–H groups in total. The van der Waals surface area contributed by atoms with Crippen LogP contribution in [0.3, 0.4) is 0 Å². The van der Waals surface area contributed by atoms with Crippen molar-refractivity contribution in [2.45, 2.75) is 45.4 Å². The molecule has 2 fully saturated rings. The van der Waals surface area contributed by atoms with Crippen LogP contribution >= 0.6 is 0 Å². The lowest BCUT2D eigenvalue weighted by Crippen LogP contribution is -2.71. The summed E-state index contributed by atoms with van der Waals surface area (Å²) in [4.78, 5) is 47.2. The van der Waals surface area contributed by atoms with E-state index in [1.54, 1.807) is 4.90 Å². The van der Waals surface area contributed by atoms with Crippen LogP contribution in [0.4, 0.5) is 0 Å². The van der Waals surface area contributed by atoms with Crippen LogP contribution < -0.4 is 21.3 Å². The van der Waals surface area contributed by atoms with Crippen LogP contribution in [0.2, 0.25) is 0 Å².